The number of nitrogens with zero attached hydrogens (tertiary/aromatic N) is 1. The van der Waals surface area contributed by atoms with E-state index in [2.05, 4.69) is 0 Å². The number of esters is 1. The summed E-state index contributed by atoms with van der Waals surface area (Å²) in [5.74, 6) is 0.0755. The maximum absolute atomic E-state index is 11.5. The lowest BCUT2D eigenvalue weighted by Crippen LogP contribution is -2.38. The standard InChI is InChI=1S/C11H21NO4S/c1-4-9(11(13)16-3)7-12(2)10-5-6-17(14,15)8-10/h9-10H,4-8H2,1-3H3. The van der Waals surface area contributed by atoms with Crippen LogP contribution >= 0.6 is 0 Å². The van der Waals surface area contributed by atoms with Gasteiger partial charge in [0.15, 0.2) is 9.84 Å². The first-order valence-electron chi connectivity index (χ1n) is 5.88. The summed E-state index contributed by atoms with van der Waals surface area (Å²) in [5.41, 5.74) is 0. The monoisotopic (exact) mass is 263 g/mol. The lowest BCUT2D eigenvalue weighted by molar-refractivity contribution is -0.146. The molecule has 1 aliphatic heterocycles. The van der Waals surface area contributed by atoms with Crippen LogP contribution in [0.3, 0.4) is 0 Å². The molecule has 0 saturated carbocycles. The van der Waals surface area contributed by atoms with Crippen LogP contribution in [0.5, 0.6) is 0 Å². The Bertz CT molecular complexity index is 366. The van der Waals surface area contributed by atoms with Gasteiger partial charge in [0.2, 0.25) is 0 Å². The highest BCUT2D eigenvalue weighted by atomic mass is 32.2. The van der Waals surface area contributed by atoms with E-state index in [1.165, 1.54) is 7.11 Å². The summed E-state index contributed by atoms with van der Waals surface area (Å²) in [5, 5.41) is 0. The maximum Gasteiger partial charge on any atom is 0.309 e. The van der Waals surface area contributed by atoms with Gasteiger partial charge in [0, 0.05) is 12.6 Å². The van der Waals surface area contributed by atoms with Crippen LogP contribution in [0, 0.1) is 5.92 Å². The lowest BCUT2D eigenvalue weighted by Gasteiger charge is -2.26. The second-order valence-electron chi connectivity index (χ2n) is 4.62. The fraction of sp³-hybridized carbons (Fsp3) is 0.909. The summed E-state index contributed by atoms with van der Waals surface area (Å²) in [4.78, 5) is 13.4. The molecule has 0 radical (unpaired) electrons. The number of carbonyl (C=O) groups is 1. The molecule has 2 unspecified atom stereocenters. The van der Waals surface area contributed by atoms with Crippen LogP contribution in [-0.2, 0) is 19.4 Å². The third-order valence-corrected chi connectivity index (χ3v) is 5.12. The maximum atomic E-state index is 11.5. The zero-order chi connectivity index (χ0) is 13.1. The minimum absolute atomic E-state index is 0.0405. The van der Waals surface area contributed by atoms with Crippen LogP contribution in [0.4, 0.5) is 0 Å². The fourth-order valence-corrected chi connectivity index (χ4v) is 3.96. The minimum Gasteiger partial charge on any atom is -0.469 e. The van der Waals surface area contributed by atoms with E-state index in [1.54, 1.807) is 0 Å². The van der Waals surface area contributed by atoms with Crippen LogP contribution in [0.2, 0.25) is 0 Å². The van der Waals surface area contributed by atoms with Gasteiger partial charge in [-0.1, -0.05) is 6.92 Å². The molecule has 0 N–H and O–H groups in total. The molecule has 1 heterocycles. The van der Waals surface area contributed by atoms with Crippen LogP contribution < -0.4 is 0 Å². The Kier molecular flexibility index (Phi) is 4.94. The quantitative estimate of drug-likeness (QED) is 0.668. The molecule has 100 valence electrons. The van der Waals surface area contributed by atoms with E-state index in [0.29, 0.717) is 19.4 Å². The molecule has 1 saturated heterocycles. The summed E-state index contributed by atoms with van der Waals surface area (Å²) < 4.78 is 27.5. The van der Waals surface area contributed by atoms with E-state index in [-0.39, 0.29) is 29.4 Å². The van der Waals surface area contributed by atoms with Gasteiger partial charge in [-0.15, -0.1) is 0 Å². The molecule has 1 fully saturated rings. The molecular formula is C11H21NO4S. The normalized spacial score (nSPS) is 24.8. The molecule has 17 heavy (non-hydrogen) atoms. The van der Waals surface area contributed by atoms with Crippen LogP contribution in [0.15, 0.2) is 0 Å². The summed E-state index contributed by atoms with van der Waals surface area (Å²) in [6, 6.07) is 0.0405. The highest BCUT2D eigenvalue weighted by Gasteiger charge is 2.32. The zero-order valence-electron chi connectivity index (χ0n) is 10.7. The summed E-state index contributed by atoms with van der Waals surface area (Å²) in [6.07, 6.45) is 1.37. The zero-order valence-corrected chi connectivity index (χ0v) is 11.5. The van der Waals surface area contributed by atoms with E-state index < -0.39 is 9.84 Å². The molecule has 1 aliphatic rings. The Labute approximate surface area is 103 Å². The number of methoxy groups -OCH3 is 1. The SMILES string of the molecule is CCC(CN(C)C1CCS(=O)(=O)C1)C(=O)OC. The van der Waals surface area contributed by atoms with Gasteiger partial charge < -0.3 is 9.64 Å². The largest absolute Gasteiger partial charge is 0.469 e. The van der Waals surface area contributed by atoms with Gasteiger partial charge >= 0.3 is 5.97 Å². The van der Waals surface area contributed by atoms with Crippen molar-refractivity contribution in [1.82, 2.24) is 4.90 Å². The first kappa shape index (κ1) is 14.4. The van der Waals surface area contributed by atoms with Crippen molar-refractivity contribution >= 4 is 15.8 Å². The Morgan fingerprint density at radius 3 is 2.59 bits per heavy atom. The second-order valence-corrected chi connectivity index (χ2v) is 6.85. The highest BCUT2D eigenvalue weighted by molar-refractivity contribution is 7.91. The second kappa shape index (κ2) is 5.82. The van der Waals surface area contributed by atoms with Crippen molar-refractivity contribution in [2.75, 3.05) is 32.2 Å². The molecule has 6 heteroatoms. The first-order valence-corrected chi connectivity index (χ1v) is 7.70. The van der Waals surface area contributed by atoms with Crippen molar-refractivity contribution in [3.63, 3.8) is 0 Å². The van der Waals surface area contributed by atoms with Gasteiger partial charge in [-0.05, 0) is 19.9 Å². The number of ether oxygens (including phenoxy) is 1. The van der Waals surface area contributed by atoms with Crippen molar-refractivity contribution in [3.8, 4) is 0 Å². The molecule has 1 rings (SSSR count). The fourth-order valence-electron chi connectivity index (χ4n) is 2.16. The summed E-state index contributed by atoms with van der Waals surface area (Å²) in [6.45, 7) is 2.49. The smallest absolute Gasteiger partial charge is 0.309 e. The number of sulfone groups is 1. The number of hydrogen-bond acceptors (Lipinski definition) is 5. The van der Waals surface area contributed by atoms with E-state index in [4.69, 9.17) is 4.74 Å². The Morgan fingerprint density at radius 2 is 2.18 bits per heavy atom. The molecule has 5 nitrogen and oxygen atoms in total. The number of carbonyl (C=O) groups excluding carboxylic acids is 1. The van der Waals surface area contributed by atoms with E-state index >= 15 is 0 Å². The molecular weight excluding hydrogens is 242 g/mol. The van der Waals surface area contributed by atoms with Gasteiger partial charge in [-0.25, -0.2) is 8.42 Å². The van der Waals surface area contributed by atoms with Crippen molar-refractivity contribution in [2.24, 2.45) is 5.92 Å². The van der Waals surface area contributed by atoms with Crippen LogP contribution in [0.1, 0.15) is 19.8 Å². The van der Waals surface area contributed by atoms with Crippen molar-refractivity contribution in [1.29, 1.82) is 0 Å². The summed E-state index contributed by atoms with van der Waals surface area (Å²) >= 11 is 0. The molecule has 0 aliphatic carbocycles. The van der Waals surface area contributed by atoms with Gasteiger partial charge in [-0.2, -0.15) is 0 Å². The first-order chi connectivity index (χ1) is 7.89. The van der Waals surface area contributed by atoms with Crippen molar-refractivity contribution in [3.05, 3.63) is 0 Å². The third-order valence-electron chi connectivity index (χ3n) is 3.37. The molecule has 0 spiro atoms. The average molecular weight is 263 g/mol. The predicted molar refractivity (Wildman–Crippen MR) is 65.5 cm³/mol. The predicted octanol–water partition coefficient (Wildman–Crippen LogP) is 0.305. The lowest BCUT2D eigenvalue weighted by atomic mass is 10.1. The van der Waals surface area contributed by atoms with E-state index in [9.17, 15) is 13.2 Å². The molecule has 0 aromatic heterocycles. The van der Waals surface area contributed by atoms with Gasteiger partial charge in [0.25, 0.3) is 0 Å². The Hall–Kier alpha value is -0.620. The molecule has 0 bridgehead atoms. The van der Waals surface area contributed by atoms with Gasteiger partial charge in [0.05, 0.1) is 24.5 Å². The number of hydrogen-bond donors (Lipinski definition) is 0. The van der Waals surface area contributed by atoms with Crippen LogP contribution in [0.25, 0.3) is 0 Å². The minimum atomic E-state index is -2.87. The highest BCUT2D eigenvalue weighted by Crippen LogP contribution is 2.18. The van der Waals surface area contributed by atoms with Crippen molar-refractivity contribution < 1.29 is 17.9 Å². The Morgan fingerprint density at radius 1 is 1.53 bits per heavy atom. The van der Waals surface area contributed by atoms with Crippen molar-refractivity contribution in [2.45, 2.75) is 25.8 Å². The third kappa shape index (κ3) is 3.96. The van der Waals surface area contributed by atoms with E-state index in [0.717, 1.165) is 0 Å². The Balaban J connectivity index is 2.54. The molecule has 0 aromatic carbocycles. The number of rotatable bonds is 5. The summed E-state index contributed by atoms with van der Waals surface area (Å²) in [7, 11) is 0.385. The van der Waals surface area contributed by atoms with Crippen LogP contribution in [-0.4, -0.2) is 57.5 Å². The molecule has 2 atom stereocenters. The topological polar surface area (TPSA) is 63.7 Å². The van der Waals surface area contributed by atoms with E-state index in [1.807, 2.05) is 18.9 Å². The molecule has 0 aromatic rings. The molecule has 0 amide bonds. The van der Waals surface area contributed by atoms with Gasteiger partial charge in [0.1, 0.15) is 0 Å². The van der Waals surface area contributed by atoms with Gasteiger partial charge in [-0.3, -0.25) is 4.79 Å². The average Bonchev–Trinajstić information content (AvgIpc) is 2.65.